The Bertz CT molecular complexity index is 535. The molecule has 0 saturated heterocycles. The molecule has 2 rings (SSSR count). The first-order chi connectivity index (χ1) is 8.24. The molecule has 0 aliphatic heterocycles. The van der Waals surface area contributed by atoms with E-state index in [0.717, 1.165) is 5.56 Å². The van der Waals surface area contributed by atoms with E-state index in [1.54, 1.807) is 19.2 Å². The smallest absolute Gasteiger partial charge is 0.250 e. The summed E-state index contributed by atoms with van der Waals surface area (Å²) in [7, 11) is 1.56. The van der Waals surface area contributed by atoms with Crippen LogP contribution in [0.5, 0.6) is 5.75 Å². The lowest BCUT2D eigenvalue weighted by Gasteiger charge is -2.11. The van der Waals surface area contributed by atoms with Crippen LogP contribution in [0.1, 0.15) is 10.4 Å². The zero-order valence-electron chi connectivity index (χ0n) is 9.44. The first kappa shape index (κ1) is 11.2. The van der Waals surface area contributed by atoms with Crippen LogP contribution in [0.4, 0.5) is 0 Å². The lowest BCUT2D eigenvalue weighted by Crippen LogP contribution is -2.13. The minimum atomic E-state index is -0.511. The second-order valence-electron chi connectivity index (χ2n) is 3.53. The molecule has 0 heterocycles. The summed E-state index contributed by atoms with van der Waals surface area (Å²) in [6, 6.07) is 15.7. The summed E-state index contributed by atoms with van der Waals surface area (Å²) < 4.78 is 5.26. The predicted molar refractivity (Wildman–Crippen MR) is 65.8 cm³/mol. The van der Waals surface area contributed by atoms with Crippen molar-refractivity contribution < 1.29 is 9.53 Å². The number of benzene rings is 2. The highest BCUT2D eigenvalue weighted by Crippen LogP contribution is 2.32. The van der Waals surface area contributed by atoms with Crippen LogP contribution < -0.4 is 10.5 Å². The van der Waals surface area contributed by atoms with Crippen LogP contribution in [0.25, 0.3) is 11.1 Å². The molecule has 3 heteroatoms. The Labute approximate surface area is 99.8 Å². The van der Waals surface area contributed by atoms with Crippen molar-refractivity contribution in [2.45, 2.75) is 0 Å². The van der Waals surface area contributed by atoms with Gasteiger partial charge in [0.2, 0.25) is 5.91 Å². The number of hydrogen-bond donors (Lipinski definition) is 1. The molecule has 3 nitrogen and oxygen atoms in total. The summed E-state index contributed by atoms with van der Waals surface area (Å²) in [6.07, 6.45) is 0. The topological polar surface area (TPSA) is 52.3 Å². The highest BCUT2D eigenvalue weighted by atomic mass is 16.5. The maximum Gasteiger partial charge on any atom is 0.250 e. The van der Waals surface area contributed by atoms with Gasteiger partial charge in [0, 0.05) is 5.56 Å². The van der Waals surface area contributed by atoms with Gasteiger partial charge in [-0.15, -0.1) is 0 Å². The molecule has 1 amide bonds. The van der Waals surface area contributed by atoms with Crippen molar-refractivity contribution >= 4 is 5.91 Å². The highest BCUT2D eigenvalue weighted by molar-refractivity contribution is 6.01. The van der Waals surface area contributed by atoms with Gasteiger partial charge in [-0.05, 0) is 23.8 Å². The van der Waals surface area contributed by atoms with E-state index in [0.29, 0.717) is 16.9 Å². The van der Waals surface area contributed by atoms with Crippen molar-refractivity contribution in [3.8, 4) is 16.9 Å². The zero-order valence-corrected chi connectivity index (χ0v) is 9.44. The van der Waals surface area contributed by atoms with Gasteiger partial charge in [0.1, 0.15) is 5.75 Å². The van der Waals surface area contributed by atoms with Crippen molar-refractivity contribution in [1.29, 1.82) is 0 Å². The summed E-state index contributed by atoms with van der Waals surface area (Å²) in [5.41, 5.74) is 7.26. The van der Waals surface area contributed by atoms with Gasteiger partial charge in [-0.3, -0.25) is 4.79 Å². The van der Waals surface area contributed by atoms with E-state index in [1.807, 2.05) is 30.3 Å². The van der Waals surface area contributed by atoms with Gasteiger partial charge in [-0.25, -0.2) is 0 Å². The third kappa shape index (κ3) is 2.13. The average Bonchev–Trinajstić information content (AvgIpc) is 2.38. The van der Waals surface area contributed by atoms with Gasteiger partial charge < -0.3 is 10.5 Å². The Morgan fingerprint density at radius 3 is 2.53 bits per heavy atom. The minimum absolute atomic E-state index is 0.343. The summed E-state index contributed by atoms with van der Waals surface area (Å²) in [5, 5.41) is 0. The molecule has 0 spiro atoms. The van der Waals surface area contributed by atoms with Crippen LogP contribution in [0.15, 0.2) is 42.5 Å². The number of ether oxygens (including phenoxy) is 1. The molecule has 2 N–H and O–H groups in total. The van der Waals surface area contributed by atoms with Crippen LogP contribution in [0, 0.1) is 6.07 Å². The average molecular weight is 226 g/mol. The van der Waals surface area contributed by atoms with Crippen LogP contribution in [0.2, 0.25) is 0 Å². The molecule has 0 bridgehead atoms. The molecule has 17 heavy (non-hydrogen) atoms. The molecule has 0 unspecified atom stereocenters. The second-order valence-corrected chi connectivity index (χ2v) is 3.53. The van der Waals surface area contributed by atoms with Gasteiger partial charge in [-0.1, -0.05) is 30.3 Å². The summed E-state index contributed by atoms with van der Waals surface area (Å²) in [5.74, 6) is 0.103. The van der Waals surface area contributed by atoms with E-state index in [-0.39, 0.29) is 0 Å². The molecule has 85 valence electrons. The van der Waals surface area contributed by atoms with Crippen molar-refractivity contribution in [3.63, 3.8) is 0 Å². The van der Waals surface area contributed by atoms with E-state index in [2.05, 4.69) is 6.07 Å². The predicted octanol–water partition coefficient (Wildman–Crippen LogP) is 2.26. The molecule has 2 aromatic rings. The maximum atomic E-state index is 11.4. The first-order valence-corrected chi connectivity index (χ1v) is 5.18. The number of carbonyl (C=O) groups is 1. The van der Waals surface area contributed by atoms with Crippen LogP contribution in [0.3, 0.4) is 0 Å². The van der Waals surface area contributed by atoms with Crippen molar-refractivity contribution in [2.75, 3.05) is 7.11 Å². The molecule has 1 radical (unpaired) electrons. The van der Waals surface area contributed by atoms with E-state index < -0.39 is 5.91 Å². The Hall–Kier alpha value is -2.29. The Morgan fingerprint density at radius 2 is 1.94 bits per heavy atom. The van der Waals surface area contributed by atoms with E-state index in [1.165, 1.54) is 0 Å². The van der Waals surface area contributed by atoms with Gasteiger partial charge in [0.15, 0.2) is 0 Å². The first-order valence-electron chi connectivity index (χ1n) is 5.18. The lowest BCUT2D eigenvalue weighted by molar-refractivity contribution is 0.100. The van der Waals surface area contributed by atoms with Crippen molar-refractivity contribution in [1.82, 2.24) is 0 Å². The SMILES string of the molecule is COc1cc[c]c(C(N)=O)c1-c1ccccc1. The Balaban J connectivity index is 2.69. The number of amides is 1. The third-order valence-corrected chi connectivity index (χ3v) is 2.49. The summed E-state index contributed by atoms with van der Waals surface area (Å²) >= 11 is 0. The monoisotopic (exact) mass is 226 g/mol. The van der Waals surface area contributed by atoms with E-state index in [9.17, 15) is 4.79 Å². The molecule has 0 saturated carbocycles. The summed E-state index contributed by atoms with van der Waals surface area (Å²) in [6.45, 7) is 0. The third-order valence-electron chi connectivity index (χ3n) is 2.49. The largest absolute Gasteiger partial charge is 0.496 e. The second kappa shape index (κ2) is 4.70. The fourth-order valence-corrected chi connectivity index (χ4v) is 1.74. The number of primary amides is 1. The van der Waals surface area contributed by atoms with Gasteiger partial charge in [0.25, 0.3) is 0 Å². The molecule has 2 aromatic carbocycles. The maximum absolute atomic E-state index is 11.4. The van der Waals surface area contributed by atoms with E-state index in [4.69, 9.17) is 10.5 Å². The van der Waals surface area contributed by atoms with Crippen molar-refractivity contribution in [3.05, 3.63) is 54.1 Å². The number of nitrogens with two attached hydrogens (primary N) is 1. The highest BCUT2D eigenvalue weighted by Gasteiger charge is 2.14. The normalized spacial score (nSPS) is 9.94. The fraction of sp³-hybridized carbons (Fsp3) is 0.0714. The van der Waals surface area contributed by atoms with E-state index >= 15 is 0 Å². The number of carbonyl (C=O) groups excluding carboxylic acids is 1. The number of hydrogen-bond acceptors (Lipinski definition) is 2. The fourth-order valence-electron chi connectivity index (χ4n) is 1.74. The number of methoxy groups -OCH3 is 1. The molecule has 0 aromatic heterocycles. The summed E-state index contributed by atoms with van der Waals surface area (Å²) in [4.78, 5) is 11.4. The molecule has 0 aliphatic carbocycles. The quantitative estimate of drug-likeness (QED) is 0.872. The minimum Gasteiger partial charge on any atom is -0.496 e. The van der Waals surface area contributed by atoms with Crippen molar-refractivity contribution in [2.24, 2.45) is 5.73 Å². The standard InChI is InChI=1S/C14H12NO2/c1-17-12-9-5-8-11(14(15)16)13(12)10-6-3-2-4-7-10/h2-7,9H,1H3,(H2,15,16). The lowest BCUT2D eigenvalue weighted by atomic mass is 9.98. The Morgan fingerprint density at radius 1 is 1.24 bits per heavy atom. The molecular weight excluding hydrogens is 214 g/mol. The Kier molecular flexibility index (Phi) is 3.10. The van der Waals surface area contributed by atoms with Crippen LogP contribution in [-0.2, 0) is 0 Å². The molecular formula is C14H12NO2. The molecule has 0 atom stereocenters. The molecule has 0 aliphatic rings. The van der Waals surface area contributed by atoms with Gasteiger partial charge in [0.05, 0.1) is 12.7 Å². The number of rotatable bonds is 3. The van der Waals surface area contributed by atoms with Gasteiger partial charge in [-0.2, -0.15) is 0 Å². The zero-order chi connectivity index (χ0) is 12.3. The van der Waals surface area contributed by atoms with Crippen LogP contribution in [-0.4, -0.2) is 13.0 Å². The van der Waals surface area contributed by atoms with Crippen LogP contribution >= 0.6 is 0 Å². The van der Waals surface area contributed by atoms with Gasteiger partial charge >= 0.3 is 0 Å². The molecule has 0 fully saturated rings.